The van der Waals surface area contributed by atoms with Crippen LogP contribution in [-0.4, -0.2) is 22.4 Å². The lowest BCUT2D eigenvalue weighted by Gasteiger charge is -2.20. The maximum Gasteiger partial charge on any atom is 0.270 e. The molecule has 0 fully saturated rings. The maximum atomic E-state index is 13.2. The van der Waals surface area contributed by atoms with Crippen LogP contribution in [0.5, 0.6) is 0 Å². The number of rotatable bonds is 5. The zero-order valence-electron chi connectivity index (χ0n) is 15.5. The Kier molecular flexibility index (Phi) is 5.67. The molecule has 1 heterocycles. The van der Waals surface area contributed by atoms with Crippen molar-refractivity contribution in [2.45, 2.75) is 13.5 Å². The van der Waals surface area contributed by atoms with Crippen LogP contribution in [0.15, 0.2) is 83.8 Å². The van der Waals surface area contributed by atoms with Crippen molar-refractivity contribution in [3.05, 3.63) is 106 Å². The van der Waals surface area contributed by atoms with E-state index in [1.54, 1.807) is 36.4 Å². The van der Waals surface area contributed by atoms with Gasteiger partial charge in [-0.05, 0) is 30.2 Å². The topological polar surface area (TPSA) is 42.3 Å². The number of pyridine rings is 1. The lowest BCUT2D eigenvalue weighted by Crippen LogP contribution is -2.32. The average Bonchev–Trinajstić information content (AvgIpc) is 2.68. The molecule has 0 aliphatic rings. The Morgan fingerprint density at radius 3 is 2.30 bits per heavy atom. The summed E-state index contributed by atoms with van der Waals surface area (Å²) < 4.78 is 1.39. The molecule has 0 aliphatic carbocycles. The van der Waals surface area contributed by atoms with Gasteiger partial charge in [0.25, 0.3) is 11.5 Å². The third-order valence-electron chi connectivity index (χ3n) is 4.29. The van der Waals surface area contributed by atoms with Gasteiger partial charge in [0.1, 0.15) is 5.70 Å². The smallest absolute Gasteiger partial charge is 0.270 e. The SMILES string of the molecule is Cc1ccc(/C=C(\C(=O)N(C)Cc2ccccc2)n2ccccc2=O)cc1. The van der Waals surface area contributed by atoms with Gasteiger partial charge < -0.3 is 4.90 Å². The molecule has 0 aliphatic heterocycles. The molecular formula is C23H22N2O2. The van der Waals surface area contributed by atoms with Crippen molar-refractivity contribution < 1.29 is 4.79 Å². The number of aromatic nitrogens is 1. The first-order chi connectivity index (χ1) is 13.0. The monoisotopic (exact) mass is 358 g/mol. The minimum atomic E-state index is -0.239. The zero-order chi connectivity index (χ0) is 19.2. The third kappa shape index (κ3) is 4.61. The van der Waals surface area contributed by atoms with Crippen LogP contribution in [-0.2, 0) is 11.3 Å². The number of hydrogen-bond acceptors (Lipinski definition) is 2. The maximum absolute atomic E-state index is 13.2. The highest BCUT2D eigenvalue weighted by molar-refractivity contribution is 6.18. The van der Waals surface area contributed by atoms with E-state index in [2.05, 4.69) is 0 Å². The lowest BCUT2D eigenvalue weighted by molar-refractivity contribution is -0.124. The molecule has 2 aromatic carbocycles. The van der Waals surface area contributed by atoms with Gasteiger partial charge in [-0.1, -0.05) is 66.2 Å². The van der Waals surface area contributed by atoms with Gasteiger partial charge in [-0.25, -0.2) is 0 Å². The van der Waals surface area contributed by atoms with Crippen LogP contribution < -0.4 is 5.56 Å². The van der Waals surface area contributed by atoms with Crippen molar-refractivity contribution in [2.75, 3.05) is 7.05 Å². The van der Waals surface area contributed by atoms with E-state index in [0.29, 0.717) is 12.2 Å². The molecule has 1 aromatic heterocycles. The van der Waals surface area contributed by atoms with Crippen LogP contribution in [0.3, 0.4) is 0 Å². The minimum Gasteiger partial charge on any atom is -0.336 e. The van der Waals surface area contributed by atoms with Gasteiger partial charge in [-0.2, -0.15) is 0 Å². The fraction of sp³-hybridized carbons (Fsp3) is 0.130. The zero-order valence-corrected chi connectivity index (χ0v) is 15.5. The quantitative estimate of drug-likeness (QED) is 0.651. The molecule has 1 amide bonds. The van der Waals surface area contributed by atoms with Crippen LogP contribution in [0.1, 0.15) is 16.7 Å². The van der Waals surface area contributed by atoms with Crippen molar-refractivity contribution >= 4 is 17.7 Å². The summed E-state index contributed by atoms with van der Waals surface area (Å²) in [6.45, 7) is 2.47. The van der Waals surface area contributed by atoms with Gasteiger partial charge in [-0.15, -0.1) is 0 Å². The number of aryl methyl sites for hydroxylation is 1. The fourth-order valence-electron chi connectivity index (χ4n) is 2.81. The van der Waals surface area contributed by atoms with Gasteiger partial charge in [-0.3, -0.25) is 14.2 Å². The normalized spacial score (nSPS) is 11.3. The van der Waals surface area contributed by atoms with Crippen LogP contribution >= 0.6 is 0 Å². The van der Waals surface area contributed by atoms with E-state index in [1.807, 2.05) is 61.5 Å². The molecule has 0 bridgehead atoms. The van der Waals surface area contributed by atoms with E-state index >= 15 is 0 Å². The molecule has 27 heavy (non-hydrogen) atoms. The summed E-state index contributed by atoms with van der Waals surface area (Å²) in [6, 6.07) is 22.5. The summed E-state index contributed by atoms with van der Waals surface area (Å²) in [5, 5.41) is 0. The Balaban J connectivity index is 1.98. The summed E-state index contributed by atoms with van der Waals surface area (Å²) in [5.41, 5.74) is 3.12. The van der Waals surface area contributed by atoms with Crippen LogP contribution in [0.25, 0.3) is 11.8 Å². The molecule has 3 aromatic rings. The van der Waals surface area contributed by atoms with Crippen molar-refractivity contribution in [3.63, 3.8) is 0 Å². The van der Waals surface area contributed by atoms with Gasteiger partial charge >= 0.3 is 0 Å². The number of carbonyl (C=O) groups excluding carboxylic acids is 1. The minimum absolute atomic E-state index is 0.215. The number of nitrogens with zero attached hydrogens (tertiary/aromatic N) is 2. The van der Waals surface area contributed by atoms with Crippen LogP contribution in [0.2, 0.25) is 0 Å². The molecule has 0 saturated heterocycles. The second-order valence-corrected chi connectivity index (χ2v) is 6.50. The summed E-state index contributed by atoms with van der Waals surface area (Å²) in [6.07, 6.45) is 3.38. The van der Waals surface area contributed by atoms with E-state index in [4.69, 9.17) is 0 Å². The third-order valence-corrected chi connectivity index (χ3v) is 4.29. The van der Waals surface area contributed by atoms with Crippen molar-refractivity contribution in [1.29, 1.82) is 0 Å². The van der Waals surface area contributed by atoms with E-state index in [9.17, 15) is 9.59 Å². The molecule has 0 N–H and O–H groups in total. The average molecular weight is 358 g/mol. The molecule has 136 valence electrons. The lowest BCUT2D eigenvalue weighted by atomic mass is 10.1. The molecule has 4 nitrogen and oxygen atoms in total. The Hall–Kier alpha value is -3.40. The fourth-order valence-corrected chi connectivity index (χ4v) is 2.81. The number of benzene rings is 2. The number of carbonyl (C=O) groups is 1. The summed E-state index contributed by atoms with van der Waals surface area (Å²) >= 11 is 0. The van der Waals surface area contributed by atoms with Crippen LogP contribution in [0.4, 0.5) is 0 Å². The number of likely N-dealkylation sites (N-methyl/N-ethyl adjacent to an activating group) is 1. The first-order valence-corrected chi connectivity index (χ1v) is 8.80. The predicted molar refractivity (Wildman–Crippen MR) is 109 cm³/mol. The summed E-state index contributed by atoms with van der Waals surface area (Å²) in [7, 11) is 1.74. The van der Waals surface area contributed by atoms with E-state index in [-0.39, 0.29) is 11.5 Å². The number of hydrogen-bond donors (Lipinski definition) is 0. The van der Waals surface area contributed by atoms with Crippen molar-refractivity contribution in [3.8, 4) is 0 Å². The molecule has 0 radical (unpaired) electrons. The predicted octanol–water partition coefficient (Wildman–Crippen LogP) is 3.81. The van der Waals surface area contributed by atoms with E-state index < -0.39 is 0 Å². The summed E-state index contributed by atoms with van der Waals surface area (Å²) in [5.74, 6) is -0.215. The van der Waals surface area contributed by atoms with Crippen molar-refractivity contribution in [2.24, 2.45) is 0 Å². The highest BCUT2D eigenvalue weighted by Crippen LogP contribution is 2.15. The first kappa shape index (κ1) is 18.4. The standard InChI is InChI=1S/C23H22N2O2/c1-18-11-13-19(14-12-18)16-21(25-15-7-6-10-22(25)26)23(27)24(2)17-20-8-4-3-5-9-20/h3-16H,17H2,1-2H3/b21-16+. The molecular weight excluding hydrogens is 336 g/mol. The van der Waals surface area contributed by atoms with Gasteiger partial charge in [0.15, 0.2) is 0 Å². The molecule has 3 rings (SSSR count). The Morgan fingerprint density at radius 1 is 0.963 bits per heavy atom. The van der Waals surface area contributed by atoms with Gasteiger partial charge in [0.2, 0.25) is 0 Å². The Bertz CT molecular complexity index is 1000. The molecule has 0 unspecified atom stereocenters. The Morgan fingerprint density at radius 2 is 1.63 bits per heavy atom. The van der Waals surface area contributed by atoms with Crippen LogP contribution in [0, 0.1) is 6.92 Å². The second-order valence-electron chi connectivity index (χ2n) is 6.50. The largest absolute Gasteiger partial charge is 0.336 e. The molecule has 0 spiro atoms. The summed E-state index contributed by atoms with van der Waals surface area (Å²) in [4.78, 5) is 27.1. The first-order valence-electron chi connectivity index (χ1n) is 8.80. The molecule has 0 saturated carbocycles. The highest BCUT2D eigenvalue weighted by Gasteiger charge is 2.18. The van der Waals surface area contributed by atoms with E-state index in [0.717, 1.165) is 16.7 Å². The van der Waals surface area contributed by atoms with Gasteiger partial charge in [0, 0.05) is 25.9 Å². The van der Waals surface area contributed by atoms with Crippen molar-refractivity contribution in [1.82, 2.24) is 9.47 Å². The number of amides is 1. The van der Waals surface area contributed by atoms with E-state index in [1.165, 1.54) is 10.6 Å². The highest BCUT2D eigenvalue weighted by atomic mass is 16.2. The van der Waals surface area contributed by atoms with Gasteiger partial charge in [0.05, 0.1) is 0 Å². The molecule has 4 heteroatoms. The Labute approximate surface area is 159 Å². The molecule has 0 atom stereocenters. The second kappa shape index (κ2) is 8.32.